The number of nitrogens with two attached hydrogens (primary N) is 2. The molecule has 1 heterocycles. The van der Waals surface area contributed by atoms with Crippen LogP contribution in [0.15, 0.2) is 6.20 Å². The van der Waals surface area contributed by atoms with Crippen LogP contribution in [0.5, 0.6) is 0 Å². The first-order chi connectivity index (χ1) is 5.13. The lowest BCUT2D eigenvalue weighted by molar-refractivity contribution is 0.1000. The van der Waals surface area contributed by atoms with Gasteiger partial charge in [-0.25, -0.2) is 0 Å². The number of primary amides is 1. The summed E-state index contributed by atoms with van der Waals surface area (Å²) in [7, 11) is 0. The fraction of sp³-hybridized carbons (Fsp3) is 0. The third-order valence-corrected chi connectivity index (χ3v) is 1.17. The Balaban J connectivity index is 3.16. The van der Waals surface area contributed by atoms with Crippen LogP contribution in [0.4, 0.5) is 0 Å². The first kappa shape index (κ1) is 7.26. The summed E-state index contributed by atoms with van der Waals surface area (Å²) in [6, 6.07) is 0. The molecule has 58 valence electrons. The fourth-order valence-electron chi connectivity index (χ4n) is 0.678. The summed E-state index contributed by atoms with van der Waals surface area (Å²) in [4.78, 5) is 10.6. The Labute approximate surface area is 62.1 Å². The van der Waals surface area contributed by atoms with Gasteiger partial charge in [0.15, 0.2) is 0 Å². The van der Waals surface area contributed by atoms with Crippen molar-refractivity contribution in [1.82, 2.24) is 10.2 Å². The standard InChI is InChI=1S/C5H7N5O/c6-4(7)3-2(5(8)11)1-9-10-3/h1H,(H3,6,7)(H2,8,11)(H,9,10). The minimum atomic E-state index is -0.649. The Morgan fingerprint density at radius 1 is 1.64 bits per heavy atom. The smallest absolute Gasteiger partial charge is 0.252 e. The van der Waals surface area contributed by atoms with Crippen LogP contribution in [0.2, 0.25) is 0 Å². The van der Waals surface area contributed by atoms with Crippen LogP contribution >= 0.6 is 0 Å². The van der Waals surface area contributed by atoms with Crippen molar-refractivity contribution in [3.8, 4) is 0 Å². The zero-order valence-corrected chi connectivity index (χ0v) is 5.59. The average Bonchev–Trinajstić information content (AvgIpc) is 2.32. The van der Waals surface area contributed by atoms with Crippen molar-refractivity contribution in [1.29, 1.82) is 5.41 Å². The largest absolute Gasteiger partial charge is 0.382 e. The molecular formula is C5H7N5O. The molecule has 1 aromatic rings. The molecule has 0 radical (unpaired) electrons. The molecule has 0 aromatic carbocycles. The van der Waals surface area contributed by atoms with Crippen molar-refractivity contribution < 1.29 is 4.79 Å². The second kappa shape index (κ2) is 2.41. The molecule has 1 rings (SSSR count). The number of aromatic nitrogens is 2. The number of hydrogen-bond donors (Lipinski definition) is 4. The van der Waals surface area contributed by atoms with E-state index >= 15 is 0 Å². The van der Waals surface area contributed by atoms with Gasteiger partial charge >= 0.3 is 0 Å². The molecule has 0 aliphatic heterocycles. The molecule has 6 nitrogen and oxygen atoms in total. The van der Waals surface area contributed by atoms with Crippen LogP contribution in [-0.4, -0.2) is 21.9 Å². The SMILES string of the molecule is N=C(N)c1[nH]ncc1C(N)=O. The molecule has 0 aliphatic rings. The van der Waals surface area contributed by atoms with Crippen molar-refractivity contribution in [2.45, 2.75) is 0 Å². The summed E-state index contributed by atoms with van der Waals surface area (Å²) < 4.78 is 0. The average molecular weight is 153 g/mol. The third-order valence-electron chi connectivity index (χ3n) is 1.17. The van der Waals surface area contributed by atoms with Crippen molar-refractivity contribution in [3.05, 3.63) is 17.5 Å². The Hall–Kier alpha value is -1.85. The lowest BCUT2D eigenvalue weighted by atomic mass is 10.2. The van der Waals surface area contributed by atoms with Crippen molar-refractivity contribution in [3.63, 3.8) is 0 Å². The maximum atomic E-state index is 10.6. The molecule has 0 fully saturated rings. The van der Waals surface area contributed by atoms with Crippen LogP contribution in [0, 0.1) is 5.41 Å². The van der Waals surface area contributed by atoms with Crippen LogP contribution in [0.25, 0.3) is 0 Å². The van der Waals surface area contributed by atoms with Crippen LogP contribution in [-0.2, 0) is 0 Å². The van der Waals surface area contributed by atoms with Gasteiger partial charge in [0.2, 0.25) is 0 Å². The van der Waals surface area contributed by atoms with E-state index in [4.69, 9.17) is 16.9 Å². The molecule has 6 heteroatoms. The summed E-state index contributed by atoms with van der Waals surface area (Å²) in [5, 5.41) is 12.9. The second-order valence-corrected chi connectivity index (χ2v) is 1.94. The Kier molecular flexibility index (Phi) is 1.59. The fourth-order valence-corrected chi connectivity index (χ4v) is 0.678. The molecule has 0 atom stereocenters. The first-order valence-electron chi connectivity index (χ1n) is 2.80. The zero-order valence-electron chi connectivity index (χ0n) is 5.59. The van der Waals surface area contributed by atoms with Gasteiger partial charge in [0.05, 0.1) is 11.8 Å². The zero-order chi connectivity index (χ0) is 8.43. The number of amides is 1. The molecule has 0 aliphatic carbocycles. The number of nitrogen functional groups attached to an aromatic ring is 1. The van der Waals surface area contributed by atoms with Gasteiger partial charge in [-0.2, -0.15) is 5.10 Å². The van der Waals surface area contributed by atoms with Crippen molar-refractivity contribution in [2.24, 2.45) is 11.5 Å². The van der Waals surface area contributed by atoms with Gasteiger partial charge in [-0.3, -0.25) is 15.3 Å². The second-order valence-electron chi connectivity index (χ2n) is 1.94. The van der Waals surface area contributed by atoms with Gasteiger partial charge in [0.1, 0.15) is 11.5 Å². The maximum Gasteiger partial charge on any atom is 0.252 e. The molecule has 1 aromatic heterocycles. The van der Waals surface area contributed by atoms with E-state index in [0.717, 1.165) is 0 Å². The number of amidine groups is 1. The van der Waals surface area contributed by atoms with E-state index in [1.807, 2.05) is 0 Å². The molecular weight excluding hydrogens is 146 g/mol. The molecule has 1 amide bonds. The molecule has 0 saturated heterocycles. The van der Waals surface area contributed by atoms with Crippen LogP contribution < -0.4 is 11.5 Å². The highest BCUT2D eigenvalue weighted by atomic mass is 16.1. The quantitative estimate of drug-likeness (QED) is 0.315. The Bertz CT molecular complexity index is 273. The summed E-state index contributed by atoms with van der Waals surface area (Å²) in [6.45, 7) is 0. The Morgan fingerprint density at radius 3 is 2.64 bits per heavy atom. The van der Waals surface area contributed by atoms with Crippen LogP contribution in [0.3, 0.4) is 0 Å². The summed E-state index contributed by atoms with van der Waals surface area (Å²) in [6.07, 6.45) is 1.24. The lowest BCUT2D eigenvalue weighted by Crippen LogP contribution is -2.19. The number of H-pyrrole nitrogens is 1. The van der Waals surface area contributed by atoms with E-state index in [9.17, 15) is 4.79 Å². The van der Waals surface area contributed by atoms with Gasteiger partial charge in [0.25, 0.3) is 5.91 Å². The van der Waals surface area contributed by atoms with E-state index < -0.39 is 5.91 Å². The minimum absolute atomic E-state index is 0.137. The van der Waals surface area contributed by atoms with Gasteiger partial charge in [-0.15, -0.1) is 0 Å². The summed E-state index contributed by atoms with van der Waals surface area (Å²) >= 11 is 0. The molecule has 0 bridgehead atoms. The third kappa shape index (κ3) is 1.18. The topological polar surface area (TPSA) is 122 Å². The number of carbonyl (C=O) groups is 1. The number of carbonyl (C=O) groups excluding carboxylic acids is 1. The number of nitrogens with zero attached hydrogens (tertiary/aromatic N) is 1. The highest BCUT2D eigenvalue weighted by Gasteiger charge is 2.11. The number of hydrogen-bond acceptors (Lipinski definition) is 3. The van der Waals surface area contributed by atoms with Gasteiger partial charge in [-0.1, -0.05) is 0 Å². The highest BCUT2D eigenvalue weighted by molar-refractivity contribution is 6.05. The first-order valence-corrected chi connectivity index (χ1v) is 2.80. The maximum absolute atomic E-state index is 10.6. The predicted octanol–water partition coefficient (Wildman–Crippen LogP) is -1.21. The van der Waals surface area contributed by atoms with E-state index in [0.29, 0.717) is 0 Å². The van der Waals surface area contributed by atoms with Gasteiger partial charge < -0.3 is 11.5 Å². The lowest BCUT2D eigenvalue weighted by Gasteiger charge is -1.93. The Morgan fingerprint density at radius 2 is 2.27 bits per heavy atom. The van der Waals surface area contributed by atoms with Gasteiger partial charge in [0, 0.05) is 0 Å². The van der Waals surface area contributed by atoms with Crippen molar-refractivity contribution >= 4 is 11.7 Å². The monoisotopic (exact) mass is 153 g/mol. The number of rotatable bonds is 2. The molecule has 0 spiro atoms. The highest BCUT2D eigenvalue weighted by Crippen LogP contribution is 2.00. The molecule has 0 saturated carbocycles. The van der Waals surface area contributed by atoms with E-state index in [-0.39, 0.29) is 17.1 Å². The number of aromatic amines is 1. The predicted molar refractivity (Wildman–Crippen MR) is 38.1 cm³/mol. The van der Waals surface area contributed by atoms with Crippen LogP contribution in [0.1, 0.15) is 16.1 Å². The molecule has 0 unspecified atom stereocenters. The summed E-state index contributed by atoms with van der Waals surface area (Å²) in [5.74, 6) is -0.903. The van der Waals surface area contributed by atoms with E-state index in [1.165, 1.54) is 6.20 Å². The van der Waals surface area contributed by atoms with E-state index in [1.54, 1.807) is 0 Å². The van der Waals surface area contributed by atoms with Gasteiger partial charge in [-0.05, 0) is 0 Å². The minimum Gasteiger partial charge on any atom is -0.382 e. The van der Waals surface area contributed by atoms with Crippen molar-refractivity contribution in [2.75, 3.05) is 0 Å². The van der Waals surface area contributed by atoms with E-state index in [2.05, 4.69) is 10.2 Å². The normalized spacial score (nSPS) is 9.45. The number of nitrogens with one attached hydrogen (secondary N) is 2. The molecule has 11 heavy (non-hydrogen) atoms. The molecule has 6 N–H and O–H groups in total. The summed E-state index contributed by atoms with van der Waals surface area (Å²) in [5.41, 5.74) is 10.3.